The van der Waals surface area contributed by atoms with Crippen LogP contribution in [-0.4, -0.2) is 29.1 Å². The van der Waals surface area contributed by atoms with E-state index in [4.69, 9.17) is 10.5 Å². The molecule has 3 N–H and O–H groups in total. The van der Waals surface area contributed by atoms with E-state index in [0.29, 0.717) is 26.1 Å². The number of carbonyl (C=O) groups excluding carboxylic acids is 1. The minimum atomic E-state index is -0.604. The number of hydrogen-bond donors (Lipinski definition) is 2. The molecule has 1 aliphatic carbocycles. The average molecular weight is 415 g/mol. The van der Waals surface area contributed by atoms with Crippen molar-refractivity contribution in [1.82, 2.24) is 9.97 Å². The second-order valence-electron chi connectivity index (χ2n) is 8.39. The lowest BCUT2D eigenvalue weighted by atomic mass is 9.73. The average Bonchev–Trinajstić information content (AvgIpc) is 3.28. The molecular weight excluding hydrogens is 388 g/mol. The number of amides is 1. The molecule has 0 spiro atoms. The summed E-state index contributed by atoms with van der Waals surface area (Å²) in [4.78, 5) is 21.7. The molecular formula is C25H26N4O2. The number of anilines is 2. The van der Waals surface area contributed by atoms with Crippen LogP contribution in [0.5, 0.6) is 0 Å². The van der Waals surface area contributed by atoms with E-state index in [1.54, 1.807) is 12.4 Å². The Morgan fingerprint density at radius 1 is 0.935 bits per heavy atom. The number of nitrogens with two attached hydrogens (primary N) is 1. The van der Waals surface area contributed by atoms with Crippen LogP contribution in [0.15, 0.2) is 54.9 Å². The molecule has 0 radical (unpaired) electrons. The van der Waals surface area contributed by atoms with Gasteiger partial charge in [0.05, 0.1) is 5.41 Å². The minimum Gasteiger partial charge on any atom is -0.381 e. The van der Waals surface area contributed by atoms with E-state index in [-0.39, 0.29) is 11.9 Å². The molecule has 0 unspecified atom stereocenters. The lowest BCUT2D eigenvalue weighted by Crippen LogP contribution is -2.44. The maximum Gasteiger partial charge on any atom is 0.235 e. The largest absolute Gasteiger partial charge is 0.381 e. The predicted octanol–water partition coefficient (Wildman–Crippen LogP) is 3.90. The third kappa shape index (κ3) is 3.79. The fourth-order valence-electron chi connectivity index (χ4n) is 4.74. The van der Waals surface area contributed by atoms with Gasteiger partial charge in [-0.1, -0.05) is 30.3 Å². The Kier molecular flexibility index (Phi) is 5.16. The van der Waals surface area contributed by atoms with Crippen molar-refractivity contribution in [2.24, 2.45) is 0 Å². The van der Waals surface area contributed by atoms with Gasteiger partial charge in [-0.2, -0.15) is 0 Å². The maximum absolute atomic E-state index is 13.6. The molecule has 6 heteroatoms. The Morgan fingerprint density at radius 2 is 1.65 bits per heavy atom. The highest BCUT2D eigenvalue weighted by molar-refractivity contribution is 5.99. The van der Waals surface area contributed by atoms with E-state index < -0.39 is 5.41 Å². The van der Waals surface area contributed by atoms with Gasteiger partial charge in [-0.15, -0.1) is 0 Å². The Morgan fingerprint density at radius 3 is 2.39 bits per heavy atom. The summed E-state index contributed by atoms with van der Waals surface area (Å²) in [6.45, 7) is 1.15. The van der Waals surface area contributed by atoms with Crippen LogP contribution in [0.2, 0.25) is 0 Å². The Labute approximate surface area is 181 Å². The molecule has 1 amide bonds. The molecule has 1 fully saturated rings. The lowest BCUT2D eigenvalue weighted by Gasteiger charge is -2.36. The minimum absolute atomic E-state index is 0.0392. The molecule has 158 valence electrons. The van der Waals surface area contributed by atoms with Crippen molar-refractivity contribution in [3.8, 4) is 11.1 Å². The molecule has 1 aromatic heterocycles. The molecule has 1 aliphatic heterocycles. The summed E-state index contributed by atoms with van der Waals surface area (Å²) in [6.07, 6.45) is 8.16. The van der Waals surface area contributed by atoms with Crippen LogP contribution in [0, 0.1) is 0 Å². The summed E-state index contributed by atoms with van der Waals surface area (Å²) in [5.74, 6) is 0.294. The first-order valence-corrected chi connectivity index (χ1v) is 10.8. The Hall–Kier alpha value is -3.25. The number of carbonyl (C=O) groups is 1. The number of aromatic nitrogens is 2. The van der Waals surface area contributed by atoms with Crippen molar-refractivity contribution >= 4 is 17.5 Å². The number of hydrogen-bond acceptors (Lipinski definition) is 5. The number of fused-ring (bicyclic) bond motifs is 1. The van der Waals surface area contributed by atoms with Gasteiger partial charge in [0, 0.05) is 36.9 Å². The van der Waals surface area contributed by atoms with E-state index in [2.05, 4.69) is 27.4 Å². The molecule has 5 rings (SSSR count). The summed E-state index contributed by atoms with van der Waals surface area (Å²) in [5, 5.41) is 3.20. The first-order valence-electron chi connectivity index (χ1n) is 10.8. The topological polar surface area (TPSA) is 90.1 Å². The van der Waals surface area contributed by atoms with Gasteiger partial charge in [0.2, 0.25) is 11.9 Å². The van der Waals surface area contributed by atoms with Crippen molar-refractivity contribution in [3.63, 3.8) is 0 Å². The van der Waals surface area contributed by atoms with Gasteiger partial charge in [0.15, 0.2) is 0 Å². The maximum atomic E-state index is 13.6. The smallest absolute Gasteiger partial charge is 0.235 e. The Balaban J connectivity index is 1.42. The molecule has 0 saturated carbocycles. The molecule has 31 heavy (non-hydrogen) atoms. The highest BCUT2D eigenvalue weighted by Gasteiger charge is 2.41. The van der Waals surface area contributed by atoms with Crippen molar-refractivity contribution in [2.45, 2.75) is 37.5 Å². The van der Waals surface area contributed by atoms with Crippen LogP contribution in [0.1, 0.15) is 36.0 Å². The van der Waals surface area contributed by atoms with Gasteiger partial charge in [-0.05, 0) is 66.5 Å². The predicted molar refractivity (Wildman–Crippen MR) is 121 cm³/mol. The third-order valence-electron chi connectivity index (χ3n) is 6.58. The fraction of sp³-hybridized carbons (Fsp3) is 0.320. The number of benzene rings is 2. The highest BCUT2D eigenvalue weighted by atomic mass is 16.5. The van der Waals surface area contributed by atoms with E-state index >= 15 is 0 Å². The van der Waals surface area contributed by atoms with Crippen molar-refractivity contribution in [1.29, 1.82) is 0 Å². The molecule has 1 saturated heterocycles. The second kappa shape index (κ2) is 8.12. The van der Waals surface area contributed by atoms with Gasteiger partial charge in [-0.25, -0.2) is 9.97 Å². The molecule has 0 atom stereocenters. The van der Waals surface area contributed by atoms with Gasteiger partial charge in [0.1, 0.15) is 0 Å². The normalized spacial score (nSPS) is 17.2. The van der Waals surface area contributed by atoms with Crippen molar-refractivity contribution < 1.29 is 9.53 Å². The Bertz CT molecular complexity index is 1090. The van der Waals surface area contributed by atoms with Crippen molar-refractivity contribution in [3.05, 3.63) is 71.5 Å². The fourth-order valence-corrected chi connectivity index (χ4v) is 4.74. The van der Waals surface area contributed by atoms with Crippen LogP contribution in [0.3, 0.4) is 0 Å². The SMILES string of the molecule is Nc1ncc(-c2ccc(C3(C(=O)Nc4ccc5c(c4)CCC5)CCOCC3)cc2)cn1. The number of nitrogens with one attached hydrogen (secondary N) is 1. The third-order valence-corrected chi connectivity index (χ3v) is 6.58. The number of rotatable bonds is 4. The molecule has 2 heterocycles. The van der Waals surface area contributed by atoms with Gasteiger partial charge < -0.3 is 15.8 Å². The van der Waals surface area contributed by atoms with E-state index in [0.717, 1.165) is 35.2 Å². The van der Waals surface area contributed by atoms with Crippen LogP contribution >= 0.6 is 0 Å². The molecule has 2 aromatic carbocycles. The lowest BCUT2D eigenvalue weighted by molar-refractivity contribution is -0.125. The number of ether oxygens (including phenoxy) is 1. The zero-order valence-electron chi connectivity index (χ0n) is 17.4. The van der Waals surface area contributed by atoms with E-state index in [9.17, 15) is 4.79 Å². The number of nitrogens with zero attached hydrogens (tertiary/aromatic N) is 2. The first kappa shape index (κ1) is 19.7. The van der Waals surface area contributed by atoms with Crippen LogP contribution < -0.4 is 11.1 Å². The van der Waals surface area contributed by atoms with Gasteiger partial charge in [-0.3, -0.25) is 4.79 Å². The summed E-state index contributed by atoms with van der Waals surface area (Å²) >= 11 is 0. The molecule has 3 aromatic rings. The quantitative estimate of drug-likeness (QED) is 0.676. The van der Waals surface area contributed by atoms with Gasteiger partial charge >= 0.3 is 0 Å². The first-order chi connectivity index (χ1) is 15.1. The zero-order valence-corrected chi connectivity index (χ0v) is 17.4. The number of nitrogen functional groups attached to an aromatic ring is 1. The summed E-state index contributed by atoms with van der Waals surface area (Å²) < 4.78 is 5.60. The standard InChI is InChI=1S/C25H26N4O2/c26-24-27-15-20(16-28-24)18-4-7-21(8-5-18)25(10-12-31-13-11-25)23(30)29-22-9-6-17-2-1-3-19(17)14-22/h4-9,14-16H,1-3,10-13H2,(H,29,30)(H2,26,27,28). The zero-order chi connectivity index (χ0) is 21.3. The monoisotopic (exact) mass is 414 g/mol. The van der Waals surface area contributed by atoms with Crippen LogP contribution in [-0.2, 0) is 27.8 Å². The summed E-state index contributed by atoms with van der Waals surface area (Å²) in [6, 6.07) is 14.4. The van der Waals surface area contributed by atoms with Gasteiger partial charge in [0.25, 0.3) is 0 Å². The van der Waals surface area contributed by atoms with Crippen LogP contribution in [0.25, 0.3) is 11.1 Å². The van der Waals surface area contributed by atoms with E-state index in [1.165, 1.54) is 17.5 Å². The van der Waals surface area contributed by atoms with Crippen molar-refractivity contribution in [2.75, 3.05) is 24.3 Å². The van der Waals surface area contributed by atoms with E-state index in [1.807, 2.05) is 30.3 Å². The second-order valence-corrected chi connectivity index (χ2v) is 8.39. The summed E-state index contributed by atoms with van der Waals surface area (Å²) in [7, 11) is 0. The highest BCUT2D eigenvalue weighted by Crippen LogP contribution is 2.37. The number of aryl methyl sites for hydroxylation is 2. The summed E-state index contributed by atoms with van der Waals surface area (Å²) in [5.41, 5.74) is 11.5. The van der Waals surface area contributed by atoms with Crippen LogP contribution in [0.4, 0.5) is 11.6 Å². The molecule has 0 bridgehead atoms. The molecule has 2 aliphatic rings. The molecule has 6 nitrogen and oxygen atoms in total.